The molecule has 0 aromatic carbocycles. The summed E-state index contributed by atoms with van der Waals surface area (Å²) in [4.78, 5) is 12.0. The highest BCUT2D eigenvalue weighted by atomic mass is 32.1. The summed E-state index contributed by atoms with van der Waals surface area (Å²) < 4.78 is 0. The van der Waals surface area contributed by atoms with Gasteiger partial charge in [0.2, 0.25) is 5.95 Å². The minimum absolute atomic E-state index is 0.483. The molecule has 0 fully saturated rings. The standard InChI is InChI=1S/C11H11N5S/c17-11(16-10-13-5-2-6-14-10)15-8-9-3-1-4-12-7-9/h1-7H,8H2,(H2,13,14,15,16,17). The molecule has 0 amide bonds. The van der Waals surface area contributed by atoms with Crippen LogP contribution < -0.4 is 10.6 Å². The van der Waals surface area contributed by atoms with E-state index in [0.29, 0.717) is 17.6 Å². The number of hydrogen-bond acceptors (Lipinski definition) is 4. The van der Waals surface area contributed by atoms with Crippen molar-refractivity contribution < 1.29 is 0 Å². The molecule has 6 heteroatoms. The summed E-state index contributed by atoms with van der Waals surface area (Å²) in [5, 5.41) is 6.42. The second-order valence-corrected chi connectivity index (χ2v) is 3.65. The second kappa shape index (κ2) is 5.86. The van der Waals surface area contributed by atoms with Crippen LogP contribution in [0.3, 0.4) is 0 Å². The number of rotatable bonds is 3. The fourth-order valence-corrected chi connectivity index (χ4v) is 1.36. The lowest BCUT2D eigenvalue weighted by atomic mass is 10.3. The zero-order chi connectivity index (χ0) is 11.9. The summed E-state index contributed by atoms with van der Waals surface area (Å²) in [6, 6.07) is 5.60. The highest BCUT2D eigenvalue weighted by Crippen LogP contribution is 1.96. The van der Waals surface area contributed by atoms with Gasteiger partial charge in [-0.05, 0) is 29.9 Å². The van der Waals surface area contributed by atoms with Crippen LogP contribution in [0.5, 0.6) is 0 Å². The van der Waals surface area contributed by atoms with Crippen molar-refractivity contribution in [1.29, 1.82) is 0 Å². The minimum atomic E-state index is 0.483. The zero-order valence-corrected chi connectivity index (χ0v) is 9.81. The van der Waals surface area contributed by atoms with E-state index in [2.05, 4.69) is 25.6 Å². The molecule has 86 valence electrons. The third-order valence-corrected chi connectivity index (χ3v) is 2.21. The van der Waals surface area contributed by atoms with E-state index in [1.54, 1.807) is 30.9 Å². The molecule has 2 aromatic rings. The molecule has 0 bridgehead atoms. The largest absolute Gasteiger partial charge is 0.358 e. The van der Waals surface area contributed by atoms with Gasteiger partial charge in [0.1, 0.15) is 0 Å². The Morgan fingerprint density at radius 1 is 1.18 bits per heavy atom. The maximum Gasteiger partial charge on any atom is 0.228 e. The fourth-order valence-electron chi connectivity index (χ4n) is 1.19. The minimum Gasteiger partial charge on any atom is -0.358 e. The van der Waals surface area contributed by atoms with Crippen LogP contribution in [0.25, 0.3) is 0 Å². The average molecular weight is 245 g/mol. The Morgan fingerprint density at radius 3 is 2.71 bits per heavy atom. The molecule has 0 spiro atoms. The van der Waals surface area contributed by atoms with Crippen LogP contribution >= 0.6 is 12.2 Å². The number of thiocarbonyl (C=S) groups is 1. The summed E-state index contributed by atoms with van der Waals surface area (Å²) >= 11 is 5.11. The summed E-state index contributed by atoms with van der Waals surface area (Å²) in [6.45, 7) is 0.618. The van der Waals surface area contributed by atoms with Crippen molar-refractivity contribution in [2.45, 2.75) is 6.54 Å². The van der Waals surface area contributed by atoms with E-state index in [1.807, 2.05) is 12.1 Å². The number of anilines is 1. The van der Waals surface area contributed by atoms with Crippen LogP contribution in [0, 0.1) is 0 Å². The predicted molar refractivity (Wildman–Crippen MR) is 69.3 cm³/mol. The zero-order valence-electron chi connectivity index (χ0n) is 9.00. The Hall–Kier alpha value is -2.08. The lowest BCUT2D eigenvalue weighted by molar-refractivity contribution is 0.914. The molecule has 0 aliphatic heterocycles. The van der Waals surface area contributed by atoms with Gasteiger partial charge in [0, 0.05) is 31.3 Å². The number of nitrogens with one attached hydrogen (secondary N) is 2. The van der Waals surface area contributed by atoms with Crippen LogP contribution in [-0.4, -0.2) is 20.1 Å². The SMILES string of the molecule is S=C(NCc1cccnc1)Nc1ncccn1. The van der Waals surface area contributed by atoms with Gasteiger partial charge < -0.3 is 10.6 Å². The van der Waals surface area contributed by atoms with Crippen molar-refractivity contribution >= 4 is 23.3 Å². The third-order valence-electron chi connectivity index (χ3n) is 1.97. The van der Waals surface area contributed by atoms with Crippen LogP contribution in [0.2, 0.25) is 0 Å². The smallest absolute Gasteiger partial charge is 0.228 e. The average Bonchev–Trinajstić information content (AvgIpc) is 2.39. The van der Waals surface area contributed by atoms with Gasteiger partial charge in [0.25, 0.3) is 0 Å². The number of pyridine rings is 1. The van der Waals surface area contributed by atoms with E-state index < -0.39 is 0 Å². The molecule has 5 nitrogen and oxygen atoms in total. The maximum absolute atomic E-state index is 5.11. The number of hydrogen-bond donors (Lipinski definition) is 2. The van der Waals surface area contributed by atoms with Crippen molar-refractivity contribution in [3.05, 3.63) is 48.5 Å². The molecule has 0 unspecified atom stereocenters. The van der Waals surface area contributed by atoms with Gasteiger partial charge in [-0.1, -0.05) is 6.07 Å². The molecule has 2 heterocycles. The first-order valence-corrected chi connectivity index (χ1v) is 5.46. The van der Waals surface area contributed by atoms with Crippen LogP contribution in [0.4, 0.5) is 5.95 Å². The molecule has 17 heavy (non-hydrogen) atoms. The summed E-state index contributed by atoms with van der Waals surface area (Å²) in [5.74, 6) is 0.483. The van der Waals surface area contributed by atoms with Gasteiger partial charge >= 0.3 is 0 Å². The van der Waals surface area contributed by atoms with E-state index in [1.165, 1.54) is 0 Å². The lowest BCUT2D eigenvalue weighted by Crippen LogP contribution is -2.28. The number of nitrogens with zero attached hydrogens (tertiary/aromatic N) is 3. The Balaban J connectivity index is 1.83. The molecule has 2 rings (SSSR count). The maximum atomic E-state index is 5.11. The topological polar surface area (TPSA) is 62.7 Å². The molecule has 0 aliphatic rings. The summed E-state index contributed by atoms with van der Waals surface area (Å²) in [6.07, 6.45) is 6.82. The van der Waals surface area contributed by atoms with Gasteiger partial charge in [-0.3, -0.25) is 4.98 Å². The normalized spacial score (nSPS) is 9.65. The Bertz CT molecular complexity index is 474. The highest BCUT2D eigenvalue weighted by molar-refractivity contribution is 7.80. The molecule has 0 saturated heterocycles. The van der Waals surface area contributed by atoms with Gasteiger partial charge in [-0.2, -0.15) is 0 Å². The molecule has 2 aromatic heterocycles. The number of aromatic nitrogens is 3. The van der Waals surface area contributed by atoms with Gasteiger partial charge in [-0.25, -0.2) is 9.97 Å². The van der Waals surface area contributed by atoms with Crippen molar-refractivity contribution in [1.82, 2.24) is 20.3 Å². The van der Waals surface area contributed by atoms with Crippen molar-refractivity contribution in [2.75, 3.05) is 5.32 Å². The van der Waals surface area contributed by atoms with E-state index in [0.717, 1.165) is 5.56 Å². The molecular formula is C11H11N5S. The van der Waals surface area contributed by atoms with Crippen molar-refractivity contribution in [3.63, 3.8) is 0 Å². The van der Waals surface area contributed by atoms with Gasteiger partial charge in [0.05, 0.1) is 0 Å². The fraction of sp³-hybridized carbons (Fsp3) is 0.0909. The van der Waals surface area contributed by atoms with Gasteiger partial charge in [0.15, 0.2) is 5.11 Å². The molecule has 0 saturated carbocycles. The Kier molecular flexibility index (Phi) is 3.93. The van der Waals surface area contributed by atoms with Crippen LogP contribution in [0.15, 0.2) is 43.0 Å². The predicted octanol–water partition coefficient (Wildman–Crippen LogP) is 1.36. The highest BCUT2D eigenvalue weighted by Gasteiger charge is 1.98. The molecular weight excluding hydrogens is 234 g/mol. The van der Waals surface area contributed by atoms with E-state index in [4.69, 9.17) is 12.2 Å². The molecule has 0 radical (unpaired) electrons. The van der Waals surface area contributed by atoms with E-state index in [9.17, 15) is 0 Å². The van der Waals surface area contributed by atoms with E-state index >= 15 is 0 Å². The third kappa shape index (κ3) is 3.76. The summed E-state index contributed by atoms with van der Waals surface area (Å²) in [5.41, 5.74) is 1.06. The van der Waals surface area contributed by atoms with Crippen molar-refractivity contribution in [3.8, 4) is 0 Å². The monoisotopic (exact) mass is 245 g/mol. The second-order valence-electron chi connectivity index (χ2n) is 3.24. The first-order chi connectivity index (χ1) is 8.34. The quantitative estimate of drug-likeness (QED) is 0.796. The van der Waals surface area contributed by atoms with Crippen LogP contribution in [0.1, 0.15) is 5.56 Å². The molecule has 2 N–H and O–H groups in total. The Labute approximate surface area is 104 Å². The lowest BCUT2D eigenvalue weighted by Gasteiger charge is -2.08. The first-order valence-electron chi connectivity index (χ1n) is 5.05. The van der Waals surface area contributed by atoms with Gasteiger partial charge in [-0.15, -0.1) is 0 Å². The van der Waals surface area contributed by atoms with Crippen LogP contribution in [-0.2, 0) is 6.54 Å². The van der Waals surface area contributed by atoms with Crippen molar-refractivity contribution in [2.24, 2.45) is 0 Å². The molecule has 0 aliphatic carbocycles. The first kappa shape index (κ1) is 11.4. The molecule has 0 atom stereocenters. The van der Waals surface area contributed by atoms with E-state index in [-0.39, 0.29) is 0 Å². The summed E-state index contributed by atoms with van der Waals surface area (Å²) in [7, 11) is 0. The Morgan fingerprint density at radius 2 is 2.00 bits per heavy atom.